The molecule has 100 valence electrons. The highest BCUT2D eigenvalue weighted by atomic mass is 16.5. The lowest BCUT2D eigenvalue weighted by Gasteiger charge is -2.42. The third-order valence-electron chi connectivity index (χ3n) is 3.66. The van der Waals surface area contributed by atoms with Crippen LogP contribution in [-0.2, 0) is 10.2 Å². The number of aliphatic hydroxyl groups excluding tert-OH is 1. The molecule has 1 fully saturated rings. The van der Waals surface area contributed by atoms with Crippen LogP contribution in [0, 0.1) is 6.92 Å². The average molecular weight is 250 g/mol. The zero-order chi connectivity index (χ0) is 13.0. The van der Waals surface area contributed by atoms with Crippen molar-refractivity contribution in [1.29, 1.82) is 0 Å². The maximum absolute atomic E-state index is 9.00. The number of hydrogen-bond donors (Lipinski definition) is 1. The molecule has 1 N–H and O–H groups in total. The summed E-state index contributed by atoms with van der Waals surface area (Å²) in [4.78, 5) is 0. The summed E-state index contributed by atoms with van der Waals surface area (Å²) in [5, 5.41) is 9.00. The molecule has 0 saturated carbocycles. The predicted octanol–water partition coefficient (Wildman–Crippen LogP) is 2.43. The summed E-state index contributed by atoms with van der Waals surface area (Å²) in [5.74, 6) is 0.957. The molecule has 3 heteroatoms. The van der Waals surface area contributed by atoms with Crippen LogP contribution in [-0.4, -0.2) is 31.5 Å². The lowest BCUT2D eigenvalue weighted by molar-refractivity contribution is -0.0665. The Morgan fingerprint density at radius 2 is 2.17 bits per heavy atom. The molecule has 1 aliphatic rings. The van der Waals surface area contributed by atoms with E-state index in [1.807, 2.05) is 13.0 Å². The second kappa shape index (κ2) is 5.72. The van der Waals surface area contributed by atoms with Crippen LogP contribution in [0.15, 0.2) is 18.2 Å². The fraction of sp³-hybridized carbons (Fsp3) is 0.600. The van der Waals surface area contributed by atoms with Crippen molar-refractivity contribution in [2.45, 2.75) is 32.1 Å². The molecule has 1 saturated heterocycles. The average Bonchev–Trinajstić information content (AvgIpc) is 2.31. The molecule has 1 aromatic rings. The van der Waals surface area contributed by atoms with Crippen molar-refractivity contribution >= 4 is 0 Å². The van der Waals surface area contributed by atoms with E-state index >= 15 is 0 Å². The van der Waals surface area contributed by atoms with Crippen LogP contribution in [0.2, 0.25) is 0 Å². The number of ether oxygens (including phenoxy) is 2. The molecule has 1 aliphatic heterocycles. The van der Waals surface area contributed by atoms with Crippen LogP contribution in [0.4, 0.5) is 0 Å². The zero-order valence-corrected chi connectivity index (χ0v) is 11.2. The molecule has 1 aromatic carbocycles. The van der Waals surface area contributed by atoms with Gasteiger partial charge in [0.15, 0.2) is 0 Å². The van der Waals surface area contributed by atoms with Crippen LogP contribution in [0.5, 0.6) is 5.75 Å². The van der Waals surface area contributed by atoms with Gasteiger partial charge in [-0.1, -0.05) is 12.1 Å². The standard InChI is InChI=1S/C15H22O3/c1-3-18-14-6-5-13(9-12(14)2)15(7-4-8-16)10-17-11-15/h5-6,9,16H,3-4,7-8,10-11H2,1-2H3. The molecule has 0 unspecified atom stereocenters. The second-order valence-electron chi connectivity index (χ2n) is 5.01. The Labute approximate surface area is 109 Å². The van der Waals surface area contributed by atoms with Gasteiger partial charge >= 0.3 is 0 Å². The highest BCUT2D eigenvalue weighted by molar-refractivity contribution is 5.40. The van der Waals surface area contributed by atoms with E-state index in [9.17, 15) is 0 Å². The Hall–Kier alpha value is -1.06. The first kappa shape index (κ1) is 13.4. The van der Waals surface area contributed by atoms with Gasteiger partial charge in [0, 0.05) is 12.0 Å². The van der Waals surface area contributed by atoms with Crippen molar-refractivity contribution in [3.8, 4) is 5.75 Å². The van der Waals surface area contributed by atoms with Gasteiger partial charge in [-0.05, 0) is 43.9 Å². The number of benzene rings is 1. The normalized spacial score (nSPS) is 17.3. The second-order valence-corrected chi connectivity index (χ2v) is 5.01. The molecule has 3 nitrogen and oxygen atoms in total. The molecule has 2 rings (SSSR count). The topological polar surface area (TPSA) is 38.7 Å². The minimum Gasteiger partial charge on any atom is -0.494 e. The minimum absolute atomic E-state index is 0.109. The number of hydrogen-bond acceptors (Lipinski definition) is 3. The van der Waals surface area contributed by atoms with E-state index in [0.717, 1.165) is 31.8 Å². The molecular formula is C15H22O3. The fourth-order valence-electron chi connectivity index (χ4n) is 2.52. The van der Waals surface area contributed by atoms with Gasteiger partial charge in [-0.25, -0.2) is 0 Å². The first-order valence-electron chi connectivity index (χ1n) is 6.64. The van der Waals surface area contributed by atoms with E-state index < -0.39 is 0 Å². The van der Waals surface area contributed by atoms with Crippen molar-refractivity contribution in [2.75, 3.05) is 26.4 Å². The fourth-order valence-corrected chi connectivity index (χ4v) is 2.52. The third kappa shape index (κ3) is 2.52. The van der Waals surface area contributed by atoms with E-state index in [1.165, 1.54) is 11.1 Å². The highest BCUT2D eigenvalue weighted by Gasteiger charge is 2.39. The number of rotatable bonds is 6. The van der Waals surface area contributed by atoms with Gasteiger partial charge in [0.2, 0.25) is 0 Å². The van der Waals surface area contributed by atoms with E-state index in [0.29, 0.717) is 6.61 Å². The maximum Gasteiger partial charge on any atom is 0.122 e. The molecule has 0 aliphatic carbocycles. The molecule has 0 aromatic heterocycles. The van der Waals surface area contributed by atoms with Crippen LogP contribution >= 0.6 is 0 Å². The lowest BCUT2D eigenvalue weighted by Crippen LogP contribution is -2.46. The van der Waals surface area contributed by atoms with Crippen molar-refractivity contribution in [3.05, 3.63) is 29.3 Å². The molecule has 1 heterocycles. The van der Waals surface area contributed by atoms with Crippen molar-refractivity contribution in [2.24, 2.45) is 0 Å². The summed E-state index contributed by atoms with van der Waals surface area (Å²) < 4.78 is 11.0. The number of aryl methyl sites for hydroxylation is 1. The van der Waals surface area contributed by atoms with Crippen LogP contribution in [0.1, 0.15) is 30.9 Å². The Bertz CT molecular complexity index is 397. The van der Waals surface area contributed by atoms with Crippen LogP contribution in [0.25, 0.3) is 0 Å². The van der Waals surface area contributed by atoms with Crippen molar-refractivity contribution in [1.82, 2.24) is 0 Å². The van der Waals surface area contributed by atoms with Gasteiger partial charge in [-0.3, -0.25) is 0 Å². The van der Waals surface area contributed by atoms with E-state index in [-0.39, 0.29) is 12.0 Å². The molecule has 0 spiro atoms. The Balaban J connectivity index is 2.18. The zero-order valence-electron chi connectivity index (χ0n) is 11.2. The molecule has 0 atom stereocenters. The predicted molar refractivity (Wildman–Crippen MR) is 71.2 cm³/mol. The summed E-state index contributed by atoms with van der Waals surface area (Å²) in [6.07, 6.45) is 1.81. The monoisotopic (exact) mass is 250 g/mol. The smallest absolute Gasteiger partial charge is 0.122 e. The highest BCUT2D eigenvalue weighted by Crippen LogP contribution is 2.38. The summed E-state index contributed by atoms with van der Waals surface area (Å²) in [6.45, 7) is 6.54. The summed E-state index contributed by atoms with van der Waals surface area (Å²) in [5.41, 5.74) is 2.59. The molecule has 0 bridgehead atoms. The first-order chi connectivity index (χ1) is 8.72. The molecule has 0 amide bonds. The third-order valence-corrected chi connectivity index (χ3v) is 3.66. The molecular weight excluding hydrogens is 228 g/mol. The number of aliphatic hydroxyl groups is 1. The van der Waals surface area contributed by atoms with Gasteiger partial charge < -0.3 is 14.6 Å². The summed E-state index contributed by atoms with van der Waals surface area (Å²) in [6, 6.07) is 6.38. The van der Waals surface area contributed by atoms with Gasteiger partial charge in [0.25, 0.3) is 0 Å². The largest absolute Gasteiger partial charge is 0.494 e. The van der Waals surface area contributed by atoms with E-state index in [2.05, 4.69) is 19.1 Å². The van der Waals surface area contributed by atoms with E-state index in [1.54, 1.807) is 0 Å². The Kier molecular flexibility index (Phi) is 4.25. The van der Waals surface area contributed by atoms with Crippen molar-refractivity contribution in [3.63, 3.8) is 0 Å². The first-order valence-corrected chi connectivity index (χ1v) is 6.64. The van der Waals surface area contributed by atoms with Gasteiger partial charge in [0.05, 0.1) is 19.8 Å². The lowest BCUT2D eigenvalue weighted by atomic mass is 9.74. The van der Waals surface area contributed by atoms with Gasteiger partial charge in [-0.2, -0.15) is 0 Å². The molecule has 18 heavy (non-hydrogen) atoms. The molecule has 0 radical (unpaired) electrons. The summed E-state index contributed by atoms with van der Waals surface area (Å²) in [7, 11) is 0. The maximum atomic E-state index is 9.00. The Morgan fingerprint density at radius 1 is 1.39 bits per heavy atom. The van der Waals surface area contributed by atoms with Crippen molar-refractivity contribution < 1.29 is 14.6 Å². The minimum atomic E-state index is 0.109. The van der Waals surface area contributed by atoms with Crippen LogP contribution in [0.3, 0.4) is 0 Å². The summed E-state index contributed by atoms with van der Waals surface area (Å²) >= 11 is 0. The van der Waals surface area contributed by atoms with Gasteiger partial charge in [-0.15, -0.1) is 0 Å². The SMILES string of the molecule is CCOc1ccc(C2(CCCO)COC2)cc1C. The quantitative estimate of drug-likeness (QED) is 0.842. The Morgan fingerprint density at radius 3 is 2.67 bits per heavy atom. The van der Waals surface area contributed by atoms with E-state index in [4.69, 9.17) is 14.6 Å². The van der Waals surface area contributed by atoms with Gasteiger partial charge in [0.1, 0.15) is 5.75 Å². The van der Waals surface area contributed by atoms with Crippen LogP contribution < -0.4 is 4.74 Å².